The molecule has 2 aliphatic rings. The van der Waals surface area contributed by atoms with Crippen molar-refractivity contribution in [3.63, 3.8) is 0 Å². The van der Waals surface area contributed by atoms with E-state index in [4.69, 9.17) is 4.74 Å². The lowest BCUT2D eigenvalue weighted by Crippen LogP contribution is -2.49. The summed E-state index contributed by atoms with van der Waals surface area (Å²) >= 11 is 0. The Morgan fingerprint density at radius 2 is 1.94 bits per heavy atom. The minimum Gasteiger partial charge on any atom is -0.372 e. The second kappa shape index (κ2) is 6.03. The van der Waals surface area contributed by atoms with Crippen molar-refractivity contribution in [2.75, 3.05) is 19.7 Å². The van der Waals surface area contributed by atoms with E-state index in [2.05, 4.69) is 38.0 Å². The molecule has 2 rings (SSSR count). The molecule has 0 radical (unpaired) electrons. The first-order valence-corrected chi connectivity index (χ1v) is 7.35. The summed E-state index contributed by atoms with van der Waals surface area (Å²) in [7, 11) is 0. The van der Waals surface area contributed by atoms with E-state index >= 15 is 0 Å². The van der Waals surface area contributed by atoms with Crippen LogP contribution in [0.2, 0.25) is 0 Å². The quantitative estimate of drug-likeness (QED) is 0.643. The van der Waals surface area contributed by atoms with E-state index in [-0.39, 0.29) is 0 Å². The highest BCUT2D eigenvalue weighted by atomic mass is 16.5. The van der Waals surface area contributed by atoms with Gasteiger partial charge in [-0.2, -0.15) is 0 Å². The Hall–Kier alpha value is -0.600. The first kappa shape index (κ1) is 13.8. The van der Waals surface area contributed by atoms with Gasteiger partial charge in [-0.3, -0.25) is 4.90 Å². The molecular weight excluding hydrogens is 222 g/mol. The van der Waals surface area contributed by atoms with Crippen molar-refractivity contribution in [2.45, 2.75) is 38.8 Å². The van der Waals surface area contributed by atoms with Crippen LogP contribution in [0, 0.1) is 17.8 Å². The van der Waals surface area contributed by atoms with Gasteiger partial charge in [-0.25, -0.2) is 0 Å². The number of fused-ring (bicyclic) bond motifs is 2. The van der Waals surface area contributed by atoms with E-state index in [0.717, 1.165) is 19.0 Å². The Morgan fingerprint density at radius 1 is 1.22 bits per heavy atom. The largest absolute Gasteiger partial charge is 0.372 e. The Kier molecular flexibility index (Phi) is 4.63. The summed E-state index contributed by atoms with van der Waals surface area (Å²) in [4.78, 5) is 2.58. The van der Waals surface area contributed by atoms with Crippen LogP contribution in [0.4, 0.5) is 0 Å². The molecule has 18 heavy (non-hydrogen) atoms. The van der Waals surface area contributed by atoms with Crippen LogP contribution in [0.3, 0.4) is 0 Å². The number of ether oxygens (including phenoxy) is 1. The van der Waals surface area contributed by atoms with Gasteiger partial charge < -0.3 is 4.74 Å². The number of allylic oxidation sites excluding steroid dienone is 1. The van der Waals surface area contributed by atoms with E-state index in [0.29, 0.717) is 30.6 Å². The standard InChI is InChI=1S/C16H27NO/c1-5-9-18-16-14-11-13(10-12(14)6-2)15(16)17(7-3)8-4/h5-6,12-16H,1-2,7-11H2,3-4H3. The molecule has 2 nitrogen and oxygen atoms in total. The van der Waals surface area contributed by atoms with Gasteiger partial charge in [-0.15, -0.1) is 13.2 Å². The van der Waals surface area contributed by atoms with Crippen molar-refractivity contribution in [3.05, 3.63) is 25.3 Å². The summed E-state index contributed by atoms with van der Waals surface area (Å²) < 4.78 is 6.11. The second-order valence-electron chi connectivity index (χ2n) is 5.59. The molecular formula is C16H27NO. The fraction of sp³-hybridized carbons (Fsp3) is 0.750. The van der Waals surface area contributed by atoms with Crippen molar-refractivity contribution in [3.8, 4) is 0 Å². The number of nitrogens with zero attached hydrogens (tertiary/aromatic N) is 1. The van der Waals surface area contributed by atoms with Crippen molar-refractivity contribution in [2.24, 2.45) is 17.8 Å². The van der Waals surface area contributed by atoms with E-state index in [1.54, 1.807) is 0 Å². The highest BCUT2D eigenvalue weighted by Crippen LogP contribution is 2.51. The normalized spacial score (nSPS) is 38.3. The lowest BCUT2D eigenvalue weighted by atomic mass is 9.83. The number of hydrogen-bond acceptors (Lipinski definition) is 2. The molecule has 0 spiro atoms. The Balaban J connectivity index is 2.13. The van der Waals surface area contributed by atoms with Crippen LogP contribution in [0.1, 0.15) is 26.7 Å². The molecule has 5 unspecified atom stereocenters. The third-order valence-electron chi connectivity index (χ3n) is 4.88. The molecule has 0 saturated heterocycles. The van der Waals surface area contributed by atoms with Crippen LogP contribution in [0.25, 0.3) is 0 Å². The molecule has 0 heterocycles. The minimum absolute atomic E-state index is 0.379. The summed E-state index contributed by atoms with van der Waals surface area (Å²) in [6.07, 6.45) is 7.02. The summed E-state index contributed by atoms with van der Waals surface area (Å²) in [5, 5.41) is 0. The molecule has 2 fully saturated rings. The Bertz CT molecular complexity index is 297. The molecule has 2 aliphatic carbocycles. The first-order chi connectivity index (χ1) is 8.76. The van der Waals surface area contributed by atoms with E-state index in [9.17, 15) is 0 Å². The molecule has 0 amide bonds. The van der Waals surface area contributed by atoms with Gasteiger partial charge in [0.25, 0.3) is 0 Å². The molecule has 2 heteroatoms. The summed E-state index contributed by atoms with van der Waals surface area (Å²) in [5.41, 5.74) is 0. The van der Waals surface area contributed by atoms with E-state index in [1.807, 2.05) is 6.08 Å². The maximum Gasteiger partial charge on any atom is 0.0771 e. The average molecular weight is 249 g/mol. The zero-order valence-corrected chi connectivity index (χ0v) is 11.8. The van der Waals surface area contributed by atoms with Gasteiger partial charge in [0.1, 0.15) is 0 Å². The third-order valence-corrected chi connectivity index (χ3v) is 4.88. The Labute approximate surface area is 112 Å². The predicted molar refractivity (Wildman–Crippen MR) is 76.5 cm³/mol. The van der Waals surface area contributed by atoms with Crippen LogP contribution in [-0.2, 0) is 4.74 Å². The molecule has 5 atom stereocenters. The van der Waals surface area contributed by atoms with Crippen LogP contribution in [-0.4, -0.2) is 36.7 Å². The van der Waals surface area contributed by atoms with Crippen LogP contribution in [0.15, 0.2) is 25.3 Å². The van der Waals surface area contributed by atoms with Gasteiger partial charge in [0.15, 0.2) is 0 Å². The molecule has 0 aromatic heterocycles. The molecule has 0 aromatic rings. The summed E-state index contributed by atoms with van der Waals surface area (Å²) in [6.45, 7) is 15.2. The van der Waals surface area contributed by atoms with Crippen LogP contribution < -0.4 is 0 Å². The van der Waals surface area contributed by atoms with Gasteiger partial charge in [-0.05, 0) is 43.7 Å². The highest BCUT2D eigenvalue weighted by Gasteiger charge is 2.53. The van der Waals surface area contributed by atoms with Gasteiger partial charge in [0.05, 0.1) is 12.7 Å². The molecule has 2 saturated carbocycles. The average Bonchev–Trinajstić information content (AvgIpc) is 2.96. The van der Waals surface area contributed by atoms with Crippen LogP contribution >= 0.6 is 0 Å². The van der Waals surface area contributed by atoms with E-state index in [1.165, 1.54) is 12.8 Å². The lowest BCUT2D eigenvalue weighted by Gasteiger charge is -2.40. The van der Waals surface area contributed by atoms with Crippen LogP contribution in [0.5, 0.6) is 0 Å². The number of likely N-dealkylation sites (N-methyl/N-ethyl adjacent to an activating group) is 1. The van der Waals surface area contributed by atoms with Gasteiger partial charge in [-0.1, -0.05) is 26.0 Å². The van der Waals surface area contributed by atoms with Crippen molar-refractivity contribution >= 4 is 0 Å². The number of rotatable bonds is 7. The minimum atomic E-state index is 0.379. The lowest BCUT2D eigenvalue weighted by molar-refractivity contribution is -0.0394. The molecule has 102 valence electrons. The van der Waals surface area contributed by atoms with Crippen molar-refractivity contribution < 1.29 is 4.74 Å². The molecule has 0 aromatic carbocycles. The van der Waals surface area contributed by atoms with Crippen molar-refractivity contribution in [1.29, 1.82) is 0 Å². The second-order valence-corrected chi connectivity index (χ2v) is 5.59. The van der Waals surface area contributed by atoms with Gasteiger partial charge >= 0.3 is 0 Å². The number of hydrogen-bond donors (Lipinski definition) is 0. The predicted octanol–water partition coefficient (Wildman–Crippen LogP) is 3.11. The van der Waals surface area contributed by atoms with Crippen molar-refractivity contribution in [1.82, 2.24) is 4.90 Å². The van der Waals surface area contributed by atoms with Gasteiger partial charge in [0.2, 0.25) is 0 Å². The maximum absolute atomic E-state index is 6.11. The smallest absolute Gasteiger partial charge is 0.0771 e. The SMILES string of the molecule is C=CCOC1C2CC(CC2C=C)C1N(CC)CC. The maximum atomic E-state index is 6.11. The molecule has 0 aliphatic heterocycles. The zero-order valence-electron chi connectivity index (χ0n) is 11.8. The molecule has 0 N–H and O–H groups in total. The summed E-state index contributed by atoms with van der Waals surface area (Å²) in [6, 6.07) is 0.612. The monoisotopic (exact) mass is 249 g/mol. The first-order valence-electron chi connectivity index (χ1n) is 7.35. The van der Waals surface area contributed by atoms with E-state index < -0.39 is 0 Å². The van der Waals surface area contributed by atoms with Gasteiger partial charge in [0, 0.05) is 6.04 Å². The third kappa shape index (κ3) is 2.28. The fourth-order valence-corrected chi connectivity index (χ4v) is 4.15. The highest BCUT2D eigenvalue weighted by molar-refractivity contribution is 5.09. The zero-order chi connectivity index (χ0) is 13.1. The molecule has 2 bridgehead atoms. The Morgan fingerprint density at radius 3 is 2.50 bits per heavy atom. The summed E-state index contributed by atoms with van der Waals surface area (Å²) in [5.74, 6) is 2.14. The fourth-order valence-electron chi connectivity index (χ4n) is 4.15. The topological polar surface area (TPSA) is 12.5 Å².